The summed E-state index contributed by atoms with van der Waals surface area (Å²) in [4.78, 5) is 29.0. The van der Waals surface area contributed by atoms with Crippen LogP contribution in [0.15, 0.2) is 59.5 Å². The van der Waals surface area contributed by atoms with Gasteiger partial charge in [0.2, 0.25) is 11.8 Å². The van der Waals surface area contributed by atoms with Gasteiger partial charge in [-0.25, -0.2) is 8.42 Å². The van der Waals surface area contributed by atoms with Gasteiger partial charge >= 0.3 is 0 Å². The van der Waals surface area contributed by atoms with E-state index in [1.54, 1.807) is 47.4 Å². The molecule has 1 atom stereocenters. The van der Waals surface area contributed by atoms with Crippen molar-refractivity contribution < 1.29 is 18.0 Å². The largest absolute Gasteiger partial charge is 0.341 e. The number of anilines is 1. The number of rotatable bonds is 3. The third-order valence-corrected chi connectivity index (χ3v) is 7.57. The van der Waals surface area contributed by atoms with Crippen molar-refractivity contribution in [1.29, 1.82) is 0 Å². The van der Waals surface area contributed by atoms with Gasteiger partial charge in [0.15, 0.2) is 9.84 Å². The van der Waals surface area contributed by atoms with Crippen LogP contribution in [0.25, 0.3) is 0 Å². The minimum atomic E-state index is -3.78. The topological polar surface area (TPSA) is 74.8 Å². The molecule has 0 radical (unpaired) electrons. The second-order valence-electron chi connectivity index (χ2n) is 7.18. The summed E-state index contributed by atoms with van der Waals surface area (Å²) in [6.07, 6.45) is 1.73. The summed E-state index contributed by atoms with van der Waals surface area (Å²) in [5.74, 6) is -0.494. The summed E-state index contributed by atoms with van der Waals surface area (Å²) in [6, 6.07) is 15.3. The zero-order valence-electron chi connectivity index (χ0n) is 15.5. The minimum Gasteiger partial charge on any atom is -0.341 e. The summed E-state index contributed by atoms with van der Waals surface area (Å²) in [7, 11) is -3.78. The molecule has 0 N–H and O–H groups in total. The Bertz CT molecular complexity index is 998. The van der Waals surface area contributed by atoms with Gasteiger partial charge in [0.25, 0.3) is 0 Å². The molecule has 2 amide bonds. The third-order valence-electron chi connectivity index (χ3n) is 5.42. The summed E-state index contributed by atoms with van der Waals surface area (Å²) in [5, 5.41) is -0.964. The number of carbonyl (C=O) groups excluding carboxylic acids is 2. The zero-order valence-corrected chi connectivity index (χ0v) is 16.3. The van der Waals surface area contributed by atoms with Crippen molar-refractivity contribution >= 4 is 27.3 Å². The summed E-state index contributed by atoms with van der Waals surface area (Å²) >= 11 is 0. The Morgan fingerprint density at radius 1 is 0.964 bits per heavy atom. The monoisotopic (exact) mass is 398 g/mol. The zero-order chi connectivity index (χ0) is 19.7. The van der Waals surface area contributed by atoms with E-state index in [1.165, 1.54) is 11.0 Å². The molecule has 1 fully saturated rings. The highest BCUT2D eigenvalue weighted by Crippen LogP contribution is 2.40. The molecule has 2 aromatic carbocycles. The lowest BCUT2D eigenvalue weighted by atomic mass is 10.1. The Morgan fingerprint density at radius 3 is 2.32 bits per heavy atom. The smallest absolute Gasteiger partial charge is 0.242 e. The number of carbonyl (C=O) groups is 2. The number of amides is 2. The first-order valence-electron chi connectivity index (χ1n) is 9.44. The normalized spacial score (nSPS) is 21.3. The van der Waals surface area contributed by atoms with E-state index < -0.39 is 15.1 Å². The van der Waals surface area contributed by atoms with Crippen LogP contribution in [-0.4, -0.2) is 44.8 Å². The molecule has 0 unspecified atom stereocenters. The van der Waals surface area contributed by atoms with E-state index in [0.29, 0.717) is 24.3 Å². The lowest BCUT2D eigenvalue weighted by molar-refractivity contribution is -0.130. The molecule has 6 nitrogen and oxygen atoms in total. The fraction of sp³-hybridized carbons (Fsp3) is 0.333. The van der Waals surface area contributed by atoms with E-state index in [4.69, 9.17) is 0 Å². The lowest BCUT2D eigenvalue weighted by Crippen LogP contribution is -2.42. The lowest BCUT2D eigenvalue weighted by Gasteiger charge is -2.24. The van der Waals surface area contributed by atoms with Crippen molar-refractivity contribution in [3.8, 4) is 0 Å². The van der Waals surface area contributed by atoms with E-state index in [0.717, 1.165) is 12.8 Å². The average Bonchev–Trinajstić information content (AvgIpc) is 3.23. The highest BCUT2D eigenvalue weighted by molar-refractivity contribution is 7.92. The fourth-order valence-electron chi connectivity index (χ4n) is 3.93. The molecule has 2 aliphatic heterocycles. The van der Waals surface area contributed by atoms with Crippen molar-refractivity contribution in [2.75, 3.05) is 24.5 Å². The molecular weight excluding hydrogens is 376 g/mol. The average molecular weight is 398 g/mol. The number of likely N-dealkylation sites (tertiary alicyclic amines) is 1. The molecular formula is C21H22N2O4S. The van der Waals surface area contributed by atoms with Crippen LogP contribution in [0.1, 0.15) is 30.1 Å². The van der Waals surface area contributed by atoms with Gasteiger partial charge in [0.1, 0.15) is 6.54 Å². The molecule has 0 aliphatic carbocycles. The van der Waals surface area contributed by atoms with Crippen molar-refractivity contribution in [2.45, 2.75) is 29.4 Å². The predicted octanol–water partition coefficient (Wildman–Crippen LogP) is 2.56. The Hall–Kier alpha value is -2.67. The molecule has 2 aromatic rings. The van der Waals surface area contributed by atoms with Crippen molar-refractivity contribution in [2.24, 2.45) is 0 Å². The van der Waals surface area contributed by atoms with Gasteiger partial charge in [-0.1, -0.05) is 42.5 Å². The second kappa shape index (κ2) is 7.39. The molecule has 1 saturated heterocycles. The molecule has 2 heterocycles. The molecule has 28 heavy (non-hydrogen) atoms. The number of benzene rings is 2. The van der Waals surface area contributed by atoms with E-state index >= 15 is 0 Å². The van der Waals surface area contributed by atoms with Crippen LogP contribution >= 0.6 is 0 Å². The van der Waals surface area contributed by atoms with Gasteiger partial charge in [-0.05, 0) is 30.5 Å². The minimum absolute atomic E-state index is 0.101. The van der Waals surface area contributed by atoms with Crippen LogP contribution in [0.5, 0.6) is 0 Å². The number of sulfone groups is 1. The first-order chi connectivity index (χ1) is 13.5. The number of para-hydroxylation sites is 1. The highest BCUT2D eigenvalue weighted by atomic mass is 32.2. The van der Waals surface area contributed by atoms with Crippen molar-refractivity contribution in [3.05, 3.63) is 60.2 Å². The van der Waals surface area contributed by atoms with Crippen LogP contribution in [-0.2, 0) is 19.4 Å². The van der Waals surface area contributed by atoms with Gasteiger partial charge < -0.3 is 9.80 Å². The SMILES string of the molecule is O=C(CN1C(=O)C[C@@H](c2ccccc2)S(=O)(=O)c2ccccc21)N1CCCC1. The molecule has 4 rings (SSSR count). The summed E-state index contributed by atoms with van der Waals surface area (Å²) in [5.41, 5.74) is 0.872. The molecule has 0 bridgehead atoms. The van der Waals surface area contributed by atoms with E-state index in [-0.39, 0.29) is 29.7 Å². The maximum atomic E-state index is 13.4. The standard InChI is InChI=1S/C21H22N2O4S/c24-20-14-19(16-8-2-1-3-9-16)28(26,27)18-11-5-4-10-17(18)23(20)15-21(25)22-12-6-7-13-22/h1-5,8-11,19H,6-7,12-15H2/t19-/m0/s1. The van der Waals surface area contributed by atoms with Crippen molar-refractivity contribution in [1.82, 2.24) is 4.90 Å². The maximum absolute atomic E-state index is 13.4. The number of hydrogen-bond acceptors (Lipinski definition) is 4. The molecule has 2 aliphatic rings. The van der Waals surface area contributed by atoms with E-state index in [1.807, 2.05) is 6.07 Å². The van der Waals surface area contributed by atoms with E-state index in [2.05, 4.69) is 0 Å². The molecule has 0 saturated carbocycles. The number of fused-ring (bicyclic) bond motifs is 1. The summed E-state index contributed by atoms with van der Waals surface area (Å²) < 4.78 is 26.8. The van der Waals surface area contributed by atoms with Crippen molar-refractivity contribution in [3.63, 3.8) is 0 Å². The fourth-order valence-corrected chi connectivity index (χ4v) is 5.85. The van der Waals surface area contributed by atoms with E-state index in [9.17, 15) is 18.0 Å². The van der Waals surface area contributed by atoms with Gasteiger partial charge in [0, 0.05) is 19.5 Å². The first kappa shape index (κ1) is 18.7. The first-order valence-corrected chi connectivity index (χ1v) is 11.0. The van der Waals surface area contributed by atoms with Crippen LogP contribution in [0.4, 0.5) is 5.69 Å². The quantitative estimate of drug-likeness (QED) is 0.796. The van der Waals surface area contributed by atoms with Gasteiger partial charge in [-0.2, -0.15) is 0 Å². The molecule has 0 aromatic heterocycles. The maximum Gasteiger partial charge on any atom is 0.242 e. The Morgan fingerprint density at radius 2 is 1.61 bits per heavy atom. The highest BCUT2D eigenvalue weighted by Gasteiger charge is 2.40. The van der Waals surface area contributed by atoms with Crippen LogP contribution in [0, 0.1) is 0 Å². The van der Waals surface area contributed by atoms with Crippen LogP contribution in [0.3, 0.4) is 0 Å². The Labute approximate surface area is 164 Å². The Balaban J connectivity index is 1.76. The van der Waals surface area contributed by atoms with Gasteiger partial charge in [-0.3, -0.25) is 9.59 Å². The van der Waals surface area contributed by atoms with Gasteiger partial charge in [-0.15, -0.1) is 0 Å². The Kier molecular flexibility index (Phi) is 4.93. The molecule has 0 spiro atoms. The van der Waals surface area contributed by atoms with Gasteiger partial charge in [0.05, 0.1) is 15.8 Å². The predicted molar refractivity (Wildman–Crippen MR) is 106 cm³/mol. The number of hydrogen-bond donors (Lipinski definition) is 0. The molecule has 146 valence electrons. The second-order valence-corrected chi connectivity index (χ2v) is 9.28. The van der Waals surface area contributed by atoms with Crippen LogP contribution in [0.2, 0.25) is 0 Å². The summed E-state index contributed by atoms with van der Waals surface area (Å²) in [6.45, 7) is 1.24. The van der Waals surface area contributed by atoms with Crippen LogP contribution < -0.4 is 4.90 Å². The number of nitrogens with zero attached hydrogens (tertiary/aromatic N) is 2. The molecule has 7 heteroatoms. The third kappa shape index (κ3) is 3.30.